The summed E-state index contributed by atoms with van der Waals surface area (Å²) in [4.78, 5) is 16.0. The van der Waals surface area contributed by atoms with E-state index in [0.717, 1.165) is 17.3 Å². The van der Waals surface area contributed by atoms with E-state index in [0.29, 0.717) is 34.3 Å². The quantitative estimate of drug-likeness (QED) is 0.330. The van der Waals surface area contributed by atoms with Crippen molar-refractivity contribution in [3.05, 3.63) is 64.3 Å². The fraction of sp³-hybridized carbons (Fsp3) is 0.182. The van der Waals surface area contributed by atoms with Gasteiger partial charge in [0.1, 0.15) is 11.6 Å². The van der Waals surface area contributed by atoms with Crippen molar-refractivity contribution >= 4 is 34.4 Å². The summed E-state index contributed by atoms with van der Waals surface area (Å²) in [5, 5.41) is 10.7. The number of nitrogens with zero attached hydrogens (tertiary/aromatic N) is 1. The molecule has 0 saturated carbocycles. The second-order valence-corrected chi connectivity index (χ2v) is 6.54. The van der Waals surface area contributed by atoms with Gasteiger partial charge in [0.05, 0.1) is 18.7 Å². The SMILES string of the molecule is CCCOc1c(Cl)cc(/C=C(\C#N)C(=O)c2c[nH]c3ccccc23)cc1OC. The summed E-state index contributed by atoms with van der Waals surface area (Å²) >= 11 is 6.33. The predicted octanol–water partition coefficient (Wildman–Crippen LogP) is 5.41. The normalized spacial score (nSPS) is 11.3. The van der Waals surface area contributed by atoms with E-state index in [-0.39, 0.29) is 11.4 Å². The molecule has 0 aliphatic carbocycles. The highest BCUT2D eigenvalue weighted by molar-refractivity contribution is 6.32. The Bertz CT molecular complexity index is 1090. The summed E-state index contributed by atoms with van der Waals surface area (Å²) < 4.78 is 11.0. The Kier molecular flexibility index (Phi) is 6.03. The van der Waals surface area contributed by atoms with Crippen LogP contribution in [0, 0.1) is 11.3 Å². The fourth-order valence-corrected chi connectivity index (χ4v) is 3.16. The van der Waals surface area contributed by atoms with E-state index in [1.807, 2.05) is 37.3 Å². The van der Waals surface area contributed by atoms with Crippen LogP contribution in [-0.4, -0.2) is 24.5 Å². The zero-order valence-corrected chi connectivity index (χ0v) is 16.3. The standard InChI is InChI=1S/C22H19ClN2O3/c1-3-8-28-22-18(23)10-14(11-20(22)27-2)9-15(12-24)21(26)17-13-25-19-7-5-4-6-16(17)19/h4-7,9-11,13,25H,3,8H2,1-2H3/b15-9+. The molecule has 0 fully saturated rings. The van der Waals surface area contributed by atoms with Gasteiger partial charge in [-0.2, -0.15) is 5.26 Å². The molecular weight excluding hydrogens is 376 g/mol. The first-order chi connectivity index (χ1) is 13.6. The Morgan fingerprint density at radius 3 is 2.82 bits per heavy atom. The van der Waals surface area contributed by atoms with Crippen molar-refractivity contribution in [2.45, 2.75) is 13.3 Å². The highest BCUT2D eigenvalue weighted by Crippen LogP contribution is 2.37. The zero-order valence-electron chi connectivity index (χ0n) is 15.6. The van der Waals surface area contributed by atoms with E-state index in [2.05, 4.69) is 4.98 Å². The van der Waals surface area contributed by atoms with Crippen LogP contribution in [0.15, 0.2) is 48.2 Å². The molecule has 5 nitrogen and oxygen atoms in total. The number of H-pyrrole nitrogens is 1. The molecule has 0 aliphatic heterocycles. The third kappa shape index (κ3) is 3.88. The third-order valence-corrected chi connectivity index (χ3v) is 4.49. The van der Waals surface area contributed by atoms with Gasteiger partial charge in [-0.15, -0.1) is 0 Å². The number of ketones is 1. The van der Waals surface area contributed by atoms with Crippen molar-refractivity contribution in [1.82, 2.24) is 4.98 Å². The minimum atomic E-state index is -0.360. The number of carbonyl (C=O) groups excluding carboxylic acids is 1. The van der Waals surface area contributed by atoms with E-state index in [9.17, 15) is 10.1 Å². The molecule has 1 heterocycles. The lowest BCUT2D eigenvalue weighted by Gasteiger charge is -2.12. The number of benzene rings is 2. The highest BCUT2D eigenvalue weighted by atomic mass is 35.5. The van der Waals surface area contributed by atoms with Gasteiger partial charge in [0.25, 0.3) is 0 Å². The third-order valence-electron chi connectivity index (χ3n) is 4.21. The summed E-state index contributed by atoms with van der Waals surface area (Å²) in [7, 11) is 1.51. The highest BCUT2D eigenvalue weighted by Gasteiger charge is 2.18. The van der Waals surface area contributed by atoms with Gasteiger partial charge in [-0.05, 0) is 36.3 Å². The lowest BCUT2D eigenvalue weighted by molar-refractivity contribution is 0.104. The Morgan fingerprint density at radius 2 is 2.11 bits per heavy atom. The topological polar surface area (TPSA) is 75.1 Å². The van der Waals surface area contributed by atoms with Gasteiger partial charge in [-0.25, -0.2) is 0 Å². The van der Waals surface area contributed by atoms with Crippen molar-refractivity contribution in [3.8, 4) is 17.6 Å². The van der Waals surface area contributed by atoms with Gasteiger partial charge >= 0.3 is 0 Å². The molecule has 0 atom stereocenters. The predicted molar refractivity (Wildman–Crippen MR) is 110 cm³/mol. The minimum Gasteiger partial charge on any atom is -0.493 e. The number of para-hydroxylation sites is 1. The van der Waals surface area contributed by atoms with Crippen LogP contribution >= 0.6 is 11.6 Å². The summed E-state index contributed by atoms with van der Waals surface area (Å²) in [6.45, 7) is 2.50. The Balaban J connectivity index is 1.99. The van der Waals surface area contributed by atoms with Gasteiger partial charge in [0, 0.05) is 22.7 Å². The second kappa shape index (κ2) is 8.64. The number of aromatic amines is 1. The van der Waals surface area contributed by atoms with E-state index in [1.54, 1.807) is 18.3 Å². The van der Waals surface area contributed by atoms with Crippen LogP contribution in [0.2, 0.25) is 5.02 Å². The Hall–Kier alpha value is -3.23. The molecular formula is C22H19ClN2O3. The maximum absolute atomic E-state index is 12.9. The van der Waals surface area contributed by atoms with Gasteiger partial charge in [-0.3, -0.25) is 4.79 Å². The molecule has 6 heteroatoms. The molecule has 0 radical (unpaired) electrons. The van der Waals surface area contributed by atoms with Crippen LogP contribution in [-0.2, 0) is 0 Å². The number of allylic oxidation sites excluding steroid dienone is 1. The average Bonchev–Trinajstić information content (AvgIpc) is 3.14. The van der Waals surface area contributed by atoms with Crippen molar-refractivity contribution in [2.24, 2.45) is 0 Å². The van der Waals surface area contributed by atoms with E-state index in [1.165, 1.54) is 13.2 Å². The lowest BCUT2D eigenvalue weighted by Crippen LogP contribution is -2.02. The molecule has 3 rings (SSSR count). The van der Waals surface area contributed by atoms with Crippen LogP contribution < -0.4 is 9.47 Å². The number of carbonyl (C=O) groups is 1. The molecule has 1 N–H and O–H groups in total. The van der Waals surface area contributed by atoms with Crippen LogP contribution in [0.4, 0.5) is 0 Å². The maximum atomic E-state index is 12.9. The van der Waals surface area contributed by atoms with Crippen LogP contribution in [0.3, 0.4) is 0 Å². The van der Waals surface area contributed by atoms with Gasteiger partial charge in [0.2, 0.25) is 5.78 Å². The van der Waals surface area contributed by atoms with Crippen molar-refractivity contribution < 1.29 is 14.3 Å². The van der Waals surface area contributed by atoms with Gasteiger partial charge in [0.15, 0.2) is 11.5 Å². The number of halogens is 1. The smallest absolute Gasteiger partial charge is 0.205 e. The van der Waals surface area contributed by atoms with Crippen molar-refractivity contribution in [1.29, 1.82) is 5.26 Å². The number of fused-ring (bicyclic) bond motifs is 1. The average molecular weight is 395 g/mol. The number of ether oxygens (including phenoxy) is 2. The maximum Gasteiger partial charge on any atom is 0.205 e. The monoisotopic (exact) mass is 394 g/mol. The van der Waals surface area contributed by atoms with E-state index < -0.39 is 0 Å². The molecule has 28 heavy (non-hydrogen) atoms. The number of nitrogens with one attached hydrogen (secondary N) is 1. The molecule has 0 aliphatic rings. The molecule has 1 aromatic heterocycles. The first-order valence-electron chi connectivity index (χ1n) is 8.82. The minimum absolute atomic E-state index is 0.00472. The molecule has 0 amide bonds. The molecule has 0 saturated heterocycles. The lowest BCUT2D eigenvalue weighted by atomic mass is 10.0. The number of Topliss-reactive ketones (excluding diaryl/α,β-unsaturated/α-hetero) is 1. The van der Waals surface area contributed by atoms with Crippen LogP contribution in [0.25, 0.3) is 17.0 Å². The first-order valence-corrected chi connectivity index (χ1v) is 9.19. The van der Waals surface area contributed by atoms with Crippen LogP contribution in [0.1, 0.15) is 29.3 Å². The van der Waals surface area contributed by atoms with E-state index >= 15 is 0 Å². The number of nitriles is 1. The summed E-state index contributed by atoms with van der Waals surface area (Å²) in [5.74, 6) is 0.537. The molecule has 2 aromatic carbocycles. The first kappa shape index (κ1) is 19.5. The number of hydrogen-bond donors (Lipinski definition) is 1. The second-order valence-electron chi connectivity index (χ2n) is 6.13. The van der Waals surface area contributed by atoms with Crippen molar-refractivity contribution in [3.63, 3.8) is 0 Å². The van der Waals surface area contributed by atoms with Crippen LogP contribution in [0.5, 0.6) is 11.5 Å². The van der Waals surface area contributed by atoms with Crippen molar-refractivity contribution in [2.75, 3.05) is 13.7 Å². The molecule has 142 valence electrons. The summed E-state index contributed by atoms with van der Waals surface area (Å²) in [6, 6.07) is 12.8. The van der Waals surface area contributed by atoms with Gasteiger partial charge in [-0.1, -0.05) is 36.7 Å². The number of methoxy groups -OCH3 is 1. The summed E-state index contributed by atoms with van der Waals surface area (Å²) in [6.07, 6.45) is 3.95. The Labute approximate surface area is 168 Å². The largest absolute Gasteiger partial charge is 0.493 e. The molecule has 3 aromatic rings. The Morgan fingerprint density at radius 1 is 1.32 bits per heavy atom. The van der Waals surface area contributed by atoms with E-state index in [4.69, 9.17) is 21.1 Å². The number of hydrogen-bond acceptors (Lipinski definition) is 4. The molecule has 0 spiro atoms. The summed E-state index contributed by atoms with van der Waals surface area (Å²) in [5.41, 5.74) is 1.87. The molecule has 0 bridgehead atoms. The zero-order chi connectivity index (χ0) is 20.1. The number of rotatable bonds is 7. The number of aromatic nitrogens is 1. The van der Waals surface area contributed by atoms with Gasteiger partial charge < -0.3 is 14.5 Å². The fourth-order valence-electron chi connectivity index (χ4n) is 2.89. The molecule has 0 unspecified atom stereocenters.